The number of halogens is 1. The van der Waals surface area contributed by atoms with E-state index >= 15 is 0 Å². The van der Waals surface area contributed by atoms with Crippen LogP contribution in [0.1, 0.15) is 16.9 Å². The number of hydrogen-bond acceptors (Lipinski definition) is 3. The fraction of sp³-hybridized carbons (Fsp3) is 0.286. The summed E-state index contributed by atoms with van der Waals surface area (Å²) in [5, 5.41) is 0. The summed E-state index contributed by atoms with van der Waals surface area (Å²) in [6.07, 6.45) is 1.65. The fourth-order valence-corrected chi connectivity index (χ4v) is 1.96. The Hall–Kier alpha value is -1.65. The smallest absolute Gasteiger partial charge is 0.123 e. The molecular formula is C14H17FN2O. The summed E-state index contributed by atoms with van der Waals surface area (Å²) >= 11 is 0. The highest BCUT2D eigenvalue weighted by Gasteiger charge is 2.08. The molecule has 0 amide bonds. The molecule has 2 N–H and O–H groups in total. The summed E-state index contributed by atoms with van der Waals surface area (Å²) in [6.45, 7) is 1.75. The van der Waals surface area contributed by atoms with Crippen LogP contribution in [0.5, 0.6) is 0 Å². The Morgan fingerprint density at radius 3 is 2.72 bits per heavy atom. The molecule has 0 saturated heterocycles. The minimum absolute atomic E-state index is 0.228. The predicted molar refractivity (Wildman–Crippen MR) is 68.2 cm³/mol. The molecule has 0 spiro atoms. The first-order valence-corrected chi connectivity index (χ1v) is 5.87. The van der Waals surface area contributed by atoms with Crippen molar-refractivity contribution in [3.05, 3.63) is 59.3 Å². The molecule has 2 rings (SSSR count). The van der Waals surface area contributed by atoms with Crippen LogP contribution in [0.4, 0.5) is 4.39 Å². The van der Waals surface area contributed by atoms with Crippen molar-refractivity contribution in [1.82, 2.24) is 4.90 Å². The third-order valence-electron chi connectivity index (χ3n) is 2.83. The van der Waals surface area contributed by atoms with Crippen molar-refractivity contribution in [3.63, 3.8) is 0 Å². The van der Waals surface area contributed by atoms with Crippen molar-refractivity contribution in [2.24, 2.45) is 5.73 Å². The highest BCUT2D eigenvalue weighted by molar-refractivity contribution is 5.27. The molecule has 0 aliphatic rings. The van der Waals surface area contributed by atoms with Gasteiger partial charge in [-0.2, -0.15) is 0 Å². The summed E-state index contributed by atoms with van der Waals surface area (Å²) in [5.74, 6) is 0.664. The van der Waals surface area contributed by atoms with E-state index < -0.39 is 0 Å². The van der Waals surface area contributed by atoms with Crippen LogP contribution in [0.25, 0.3) is 0 Å². The Morgan fingerprint density at radius 1 is 1.22 bits per heavy atom. The maximum Gasteiger partial charge on any atom is 0.123 e. The fourth-order valence-electron chi connectivity index (χ4n) is 1.96. The molecule has 3 nitrogen and oxygen atoms in total. The zero-order chi connectivity index (χ0) is 13.0. The number of rotatable bonds is 5. The lowest BCUT2D eigenvalue weighted by atomic mass is 10.1. The van der Waals surface area contributed by atoms with E-state index in [4.69, 9.17) is 10.2 Å². The van der Waals surface area contributed by atoms with E-state index in [-0.39, 0.29) is 5.82 Å². The zero-order valence-corrected chi connectivity index (χ0v) is 10.4. The average Bonchev–Trinajstić information content (AvgIpc) is 2.82. The second kappa shape index (κ2) is 5.80. The van der Waals surface area contributed by atoms with Gasteiger partial charge >= 0.3 is 0 Å². The SMILES string of the molecule is CN(Cc1ccco1)Cc1cc(F)ccc1CN. The molecule has 1 aromatic heterocycles. The zero-order valence-electron chi connectivity index (χ0n) is 10.4. The van der Waals surface area contributed by atoms with Gasteiger partial charge in [0.1, 0.15) is 11.6 Å². The van der Waals surface area contributed by atoms with Gasteiger partial charge < -0.3 is 10.2 Å². The van der Waals surface area contributed by atoms with Crippen molar-refractivity contribution in [2.45, 2.75) is 19.6 Å². The van der Waals surface area contributed by atoms with Crippen LogP contribution < -0.4 is 5.73 Å². The summed E-state index contributed by atoms with van der Waals surface area (Å²) in [6, 6.07) is 8.51. The largest absolute Gasteiger partial charge is 0.468 e. The van der Waals surface area contributed by atoms with Crippen LogP contribution in [0, 0.1) is 5.82 Å². The van der Waals surface area contributed by atoms with E-state index in [0.29, 0.717) is 19.6 Å². The number of furan rings is 1. The molecule has 0 unspecified atom stereocenters. The monoisotopic (exact) mass is 248 g/mol. The Morgan fingerprint density at radius 2 is 2.06 bits per heavy atom. The summed E-state index contributed by atoms with van der Waals surface area (Å²) in [7, 11) is 1.97. The first-order chi connectivity index (χ1) is 8.69. The molecule has 0 aliphatic carbocycles. The second-order valence-electron chi connectivity index (χ2n) is 4.37. The molecular weight excluding hydrogens is 231 g/mol. The highest BCUT2D eigenvalue weighted by atomic mass is 19.1. The third kappa shape index (κ3) is 3.18. The van der Waals surface area contributed by atoms with Gasteiger partial charge in [-0.15, -0.1) is 0 Å². The van der Waals surface area contributed by atoms with Crippen LogP contribution in [0.3, 0.4) is 0 Å². The Kier molecular flexibility index (Phi) is 4.12. The summed E-state index contributed by atoms with van der Waals surface area (Å²) < 4.78 is 18.5. The normalized spacial score (nSPS) is 11.1. The number of benzene rings is 1. The van der Waals surface area contributed by atoms with Crippen molar-refractivity contribution in [2.75, 3.05) is 7.05 Å². The topological polar surface area (TPSA) is 42.4 Å². The van der Waals surface area contributed by atoms with E-state index in [1.807, 2.05) is 19.2 Å². The Balaban J connectivity index is 2.06. The molecule has 0 fully saturated rings. The molecule has 4 heteroatoms. The molecule has 0 bridgehead atoms. The maximum atomic E-state index is 13.2. The van der Waals surface area contributed by atoms with Gasteiger partial charge in [-0.3, -0.25) is 4.90 Å². The molecule has 1 aromatic carbocycles. The number of hydrogen-bond donors (Lipinski definition) is 1. The van der Waals surface area contributed by atoms with E-state index in [2.05, 4.69) is 4.90 Å². The average molecular weight is 248 g/mol. The van der Waals surface area contributed by atoms with E-state index in [1.54, 1.807) is 18.4 Å². The number of nitrogens with two attached hydrogens (primary N) is 1. The first kappa shape index (κ1) is 12.8. The maximum absolute atomic E-state index is 13.2. The van der Waals surface area contributed by atoms with Crippen molar-refractivity contribution >= 4 is 0 Å². The summed E-state index contributed by atoms with van der Waals surface area (Å²) in [4.78, 5) is 2.06. The van der Waals surface area contributed by atoms with Crippen LogP contribution in [0.15, 0.2) is 41.0 Å². The Bertz CT molecular complexity index is 497. The lowest BCUT2D eigenvalue weighted by Gasteiger charge is -2.17. The van der Waals surface area contributed by atoms with E-state index in [9.17, 15) is 4.39 Å². The predicted octanol–water partition coefficient (Wildman–Crippen LogP) is 2.51. The van der Waals surface area contributed by atoms with Gasteiger partial charge in [0.15, 0.2) is 0 Å². The minimum Gasteiger partial charge on any atom is -0.468 e. The lowest BCUT2D eigenvalue weighted by Crippen LogP contribution is -2.18. The summed E-state index contributed by atoms with van der Waals surface area (Å²) in [5.41, 5.74) is 7.55. The van der Waals surface area contributed by atoms with E-state index in [0.717, 1.165) is 16.9 Å². The second-order valence-corrected chi connectivity index (χ2v) is 4.37. The minimum atomic E-state index is -0.228. The third-order valence-corrected chi connectivity index (χ3v) is 2.83. The van der Waals surface area contributed by atoms with Gasteiger partial charge in [0.05, 0.1) is 12.8 Å². The van der Waals surface area contributed by atoms with Gasteiger partial charge in [-0.1, -0.05) is 6.07 Å². The van der Waals surface area contributed by atoms with Gasteiger partial charge in [0.2, 0.25) is 0 Å². The molecule has 1 heterocycles. The highest BCUT2D eigenvalue weighted by Crippen LogP contribution is 2.14. The van der Waals surface area contributed by atoms with Crippen molar-refractivity contribution in [1.29, 1.82) is 0 Å². The van der Waals surface area contributed by atoms with Crippen LogP contribution in [-0.2, 0) is 19.6 Å². The first-order valence-electron chi connectivity index (χ1n) is 5.87. The molecule has 0 atom stereocenters. The van der Waals surface area contributed by atoms with Gasteiger partial charge in [-0.05, 0) is 42.4 Å². The van der Waals surface area contributed by atoms with Crippen molar-refractivity contribution < 1.29 is 8.81 Å². The van der Waals surface area contributed by atoms with Crippen LogP contribution >= 0.6 is 0 Å². The standard InChI is InChI=1S/C14H17FN2O/c1-17(10-14-3-2-6-18-14)9-12-7-13(15)5-4-11(12)8-16/h2-7H,8-10,16H2,1H3. The molecule has 0 aliphatic heterocycles. The molecule has 0 radical (unpaired) electrons. The van der Waals surface area contributed by atoms with Crippen LogP contribution in [-0.4, -0.2) is 11.9 Å². The Labute approximate surface area is 106 Å². The van der Waals surface area contributed by atoms with E-state index in [1.165, 1.54) is 6.07 Å². The van der Waals surface area contributed by atoms with Gasteiger partial charge in [0, 0.05) is 13.1 Å². The lowest BCUT2D eigenvalue weighted by molar-refractivity contribution is 0.286. The molecule has 2 aromatic rings. The van der Waals surface area contributed by atoms with Gasteiger partial charge in [-0.25, -0.2) is 4.39 Å². The van der Waals surface area contributed by atoms with Gasteiger partial charge in [0.25, 0.3) is 0 Å². The molecule has 96 valence electrons. The van der Waals surface area contributed by atoms with Crippen molar-refractivity contribution in [3.8, 4) is 0 Å². The quantitative estimate of drug-likeness (QED) is 0.884. The number of nitrogens with zero attached hydrogens (tertiary/aromatic N) is 1. The molecule has 0 saturated carbocycles. The van der Waals surface area contributed by atoms with Crippen LogP contribution in [0.2, 0.25) is 0 Å². The molecule has 18 heavy (non-hydrogen) atoms.